The molecule has 0 bridgehead atoms. The molecule has 2 aliphatic heterocycles. The van der Waals surface area contributed by atoms with Crippen molar-refractivity contribution >= 4 is 30.6 Å². The van der Waals surface area contributed by atoms with E-state index in [0.717, 1.165) is 17.2 Å². The van der Waals surface area contributed by atoms with Crippen molar-refractivity contribution in [1.82, 2.24) is 9.62 Å². The zero-order valence-electron chi connectivity index (χ0n) is 23.2. The molecule has 0 amide bonds. The minimum absolute atomic E-state index is 0.0184. The Hall–Kier alpha value is -2.54. The van der Waals surface area contributed by atoms with Crippen molar-refractivity contribution in [2.45, 2.75) is 60.1 Å². The molecule has 0 aromatic heterocycles. The summed E-state index contributed by atoms with van der Waals surface area (Å²) in [6, 6.07) is 19.4. The number of hydrogen-bond donors (Lipinski definition) is 2. The van der Waals surface area contributed by atoms with E-state index in [4.69, 9.17) is 9.47 Å². The van der Waals surface area contributed by atoms with Crippen LogP contribution in [0.25, 0.3) is 10.8 Å². The van der Waals surface area contributed by atoms with Gasteiger partial charge in [-0.05, 0) is 66.8 Å². The summed E-state index contributed by atoms with van der Waals surface area (Å²) in [5.74, 6) is 0.474. The van der Waals surface area contributed by atoms with E-state index < -0.39 is 26.0 Å². The van der Waals surface area contributed by atoms with Crippen LogP contribution in [0, 0.1) is 0 Å². The Morgan fingerprint density at radius 3 is 2.51 bits per heavy atom. The molecule has 2 saturated heterocycles. The van der Waals surface area contributed by atoms with Crippen molar-refractivity contribution in [3.63, 3.8) is 0 Å². The quantitative estimate of drug-likeness (QED) is 0.343. The van der Waals surface area contributed by atoms with E-state index in [9.17, 15) is 21.9 Å². The van der Waals surface area contributed by atoms with Gasteiger partial charge in [-0.25, -0.2) is 16.8 Å². The first-order valence-electron chi connectivity index (χ1n) is 14.1. The van der Waals surface area contributed by atoms with Crippen LogP contribution in [0.4, 0.5) is 0 Å². The zero-order chi connectivity index (χ0) is 29.1. The summed E-state index contributed by atoms with van der Waals surface area (Å²) < 4.78 is 64.7. The van der Waals surface area contributed by atoms with E-state index in [1.54, 1.807) is 34.6 Å². The van der Waals surface area contributed by atoms with Gasteiger partial charge in [0.1, 0.15) is 18.5 Å². The second-order valence-electron chi connectivity index (χ2n) is 11.0. The smallest absolute Gasteiger partial charge is 0.243 e. The highest BCUT2D eigenvalue weighted by Crippen LogP contribution is 2.37. The summed E-state index contributed by atoms with van der Waals surface area (Å²) in [6.07, 6.45) is 1.70. The second-order valence-corrected chi connectivity index (χ2v) is 15.0. The fourth-order valence-corrected chi connectivity index (χ4v) is 8.47. The second kappa shape index (κ2) is 12.4. The molecule has 5 rings (SSSR count). The Kier molecular flexibility index (Phi) is 9.03. The monoisotopic (exact) mass is 602 g/mol. The van der Waals surface area contributed by atoms with Gasteiger partial charge in [0.05, 0.1) is 27.8 Å². The Morgan fingerprint density at radius 1 is 1.00 bits per heavy atom. The molecule has 1 unspecified atom stereocenters. The number of ether oxygens (including phenoxy) is 2. The molecule has 0 saturated carbocycles. The van der Waals surface area contributed by atoms with Crippen molar-refractivity contribution in [3.05, 3.63) is 66.7 Å². The predicted octanol–water partition coefficient (Wildman–Crippen LogP) is 3.37. The largest absolute Gasteiger partial charge is 0.491 e. The van der Waals surface area contributed by atoms with E-state index in [1.807, 2.05) is 37.3 Å². The number of sulfone groups is 1. The van der Waals surface area contributed by atoms with Crippen molar-refractivity contribution < 1.29 is 31.4 Å². The van der Waals surface area contributed by atoms with E-state index >= 15 is 0 Å². The molecule has 41 heavy (non-hydrogen) atoms. The third-order valence-corrected chi connectivity index (χ3v) is 11.7. The molecule has 0 aliphatic carbocycles. The van der Waals surface area contributed by atoms with Crippen LogP contribution in [0.5, 0.6) is 5.75 Å². The highest BCUT2D eigenvalue weighted by molar-refractivity contribution is 7.91. The summed E-state index contributed by atoms with van der Waals surface area (Å²) >= 11 is 0. The van der Waals surface area contributed by atoms with Crippen LogP contribution in [0.2, 0.25) is 0 Å². The maximum atomic E-state index is 13.3. The van der Waals surface area contributed by atoms with Gasteiger partial charge in [0.2, 0.25) is 10.0 Å². The SMILES string of the molecule is CCCS(=O)(=O)c1cccc(OC[C@@H](O)CNC2COC3(CCN(S(=O)(=O)c4ccc5ccccc5c4)CC3)C2)c1. The van der Waals surface area contributed by atoms with Crippen LogP contribution in [0.1, 0.15) is 32.6 Å². The molecular formula is C30H38N2O7S2. The first kappa shape index (κ1) is 29.9. The van der Waals surface area contributed by atoms with Crippen molar-refractivity contribution in [2.75, 3.05) is 38.6 Å². The van der Waals surface area contributed by atoms with Gasteiger partial charge in [-0.2, -0.15) is 4.31 Å². The number of hydrogen-bond acceptors (Lipinski definition) is 8. The number of sulfonamides is 1. The molecule has 3 aromatic carbocycles. The molecule has 0 radical (unpaired) electrons. The maximum absolute atomic E-state index is 13.3. The Morgan fingerprint density at radius 2 is 1.76 bits per heavy atom. The highest BCUT2D eigenvalue weighted by Gasteiger charge is 2.44. The maximum Gasteiger partial charge on any atom is 0.243 e. The van der Waals surface area contributed by atoms with Crippen LogP contribution < -0.4 is 10.1 Å². The van der Waals surface area contributed by atoms with Crippen molar-refractivity contribution in [3.8, 4) is 5.75 Å². The topological polar surface area (TPSA) is 122 Å². The fourth-order valence-electron chi connectivity index (χ4n) is 5.63. The lowest BCUT2D eigenvalue weighted by Gasteiger charge is -2.38. The Bertz CT molecular complexity index is 1570. The number of aliphatic hydroxyl groups is 1. The number of fused-ring (bicyclic) bond motifs is 1. The minimum Gasteiger partial charge on any atom is -0.491 e. The van der Waals surface area contributed by atoms with E-state index in [-0.39, 0.29) is 28.9 Å². The number of benzene rings is 3. The molecule has 2 atom stereocenters. The summed E-state index contributed by atoms with van der Waals surface area (Å²) in [4.78, 5) is 0.526. The number of nitrogens with zero attached hydrogens (tertiary/aromatic N) is 1. The van der Waals surface area contributed by atoms with Gasteiger partial charge in [0.25, 0.3) is 0 Å². The summed E-state index contributed by atoms with van der Waals surface area (Å²) in [7, 11) is -6.94. The third kappa shape index (κ3) is 6.93. The standard InChI is InChI=1S/C30H38N2O7S2/c1-2-16-40(34,35)28-9-5-8-27(18-28)38-22-26(33)20-31-25-19-30(39-21-25)12-14-32(15-13-30)41(36,37)29-11-10-23-6-3-4-7-24(23)17-29/h3-11,17-18,25-26,31,33H,2,12-16,19-22H2,1H3/t25?,26-/m0/s1. The lowest BCUT2D eigenvalue weighted by atomic mass is 9.88. The summed E-state index contributed by atoms with van der Waals surface area (Å²) in [6.45, 7) is 3.41. The van der Waals surface area contributed by atoms with Crippen LogP contribution in [-0.4, -0.2) is 82.6 Å². The molecule has 2 N–H and O–H groups in total. The molecule has 2 aliphatic rings. The molecule has 11 heteroatoms. The third-order valence-electron chi connectivity index (χ3n) is 7.92. The zero-order valence-corrected chi connectivity index (χ0v) is 24.9. The minimum atomic E-state index is -3.60. The highest BCUT2D eigenvalue weighted by atomic mass is 32.2. The van der Waals surface area contributed by atoms with Gasteiger partial charge >= 0.3 is 0 Å². The van der Waals surface area contributed by atoms with Gasteiger partial charge in [0, 0.05) is 25.7 Å². The Labute approximate surface area is 242 Å². The van der Waals surface area contributed by atoms with Gasteiger partial charge in [-0.15, -0.1) is 0 Å². The van der Waals surface area contributed by atoms with E-state index in [0.29, 0.717) is 56.1 Å². The normalized spacial score (nSPS) is 20.4. The number of nitrogens with one attached hydrogen (secondary N) is 1. The molecular weight excluding hydrogens is 564 g/mol. The molecule has 9 nitrogen and oxygen atoms in total. The first-order valence-corrected chi connectivity index (χ1v) is 17.2. The van der Waals surface area contributed by atoms with Crippen molar-refractivity contribution in [2.24, 2.45) is 0 Å². The number of piperidine rings is 1. The number of aliphatic hydroxyl groups excluding tert-OH is 1. The molecule has 1 spiro atoms. The Balaban J connectivity index is 1.09. The van der Waals surface area contributed by atoms with Crippen LogP contribution >= 0.6 is 0 Å². The van der Waals surface area contributed by atoms with E-state index in [2.05, 4.69) is 5.32 Å². The lowest BCUT2D eigenvalue weighted by molar-refractivity contribution is -0.0312. The number of rotatable bonds is 11. The average molecular weight is 603 g/mol. The molecule has 222 valence electrons. The van der Waals surface area contributed by atoms with Gasteiger partial charge in [-0.3, -0.25) is 0 Å². The fraction of sp³-hybridized carbons (Fsp3) is 0.467. The molecule has 2 heterocycles. The first-order chi connectivity index (χ1) is 19.6. The summed E-state index contributed by atoms with van der Waals surface area (Å²) in [5, 5.41) is 15.7. The van der Waals surface area contributed by atoms with Crippen LogP contribution in [0.3, 0.4) is 0 Å². The van der Waals surface area contributed by atoms with E-state index in [1.165, 1.54) is 6.07 Å². The van der Waals surface area contributed by atoms with Crippen LogP contribution in [0.15, 0.2) is 76.5 Å². The van der Waals surface area contributed by atoms with Gasteiger partial charge in [0.15, 0.2) is 9.84 Å². The molecule has 2 fully saturated rings. The average Bonchev–Trinajstić information content (AvgIpc) is 3.37. The van der Waals surface area contributed by atoms with Gasteiger partial charge in [-0.1, -0.05) is 43.3 Å². The van der Waals surface area contributed by atoms with Gasteiger partial charge < -0.3 is 19.9 Å². The van der Waals surface area contributed by atoms with Crippen molar-refractivity contribution in [1.29, 1.82) is 0 Å². The molecule has 3 aromatic rings. The van der Waals surface area contributed by atoms with Crippen LogP contribution in [-0.2, 0) is 24.6 Å². The lowest BCUT2D eigenvalue weighted by Crippen LogP contribution is -2.47. The summed E-state index contributed by atoms with van der Waals surface area (Å²) in [5.41, 5.74) is -0.376. The predicted molar refractivity (Wildman–Crippen MR) is 157 cm³/mol.